The number of halogens is 2. The van der Waals surface area contributed by atoms with Crippen LogP contribution in [-0.2, 0) is 0 Å². The molecule has 1 unspecified atom stereocenters. The van der Waals surface area contributed by atoms with Gasteiger partial charge in [0.15, 0.2) is 5.78 Å². The quantitative estimate of drug-likeness (QED) is 0.397. The fourth-order valence-electron chi connectivity index (χ4n) is 3.31. The van der Waals surface area contributed by atoms with Gasteiger partial charge in [0, 0.05) is 49.9 Å². The summed E-state index contributed by atoms with van der Waals surface area (Å²) in [7, 11) is 0. The van der Waals surface area contributed by atoms with Crippen LogP contribution in [0.5, 0.6) is 0 Å². The van der Waals surface area contributed by atoms with Crippen LogP contribution in [0.2, 0.25) is 0 Å². The second-order valence-corrected chi connectivity index (χ2v) is 6.63. The second kappa shape index (κ2) is 11.1. The largest absolute Gasteiger partial charge is 0.294 e. The highest BCUT2D eigenvalue weighted by Crippen LogP contribution is 2.23. The third-order valence-electron chi connectivity index (χ3n) is 5.00. The summed E-state index contributed by atoms with van der Waals surface area (Å²) in [5.41, 5.74) is 1.95. The molecule has 2 aromatic carbocycles. The lowest BCUT2D eigenvalue weighted by atomic mass is 10.1. The number of nitro groups is 1. The molecular formula is C20H25Cl2N3O3. The van der Waals surface area contributed by atoms with E-state index >= 15 is 0 Å². The van der Waals surface area contributed by atoms with Gasteiger partial charge >= 0.3 is 0 Å². The molecule has 152 valence electrons. The standard InChI is InChI=1S/C20H23N3O3.2ClH/c1-16(17-7-9-19(10-8-17)23(25)26)22-13-11-21(12-14-22)15-20(24)18-5-3-2-4-6-18;;/h2-10,16H,11-15H2,1H3;2*1H. The first-order valence-electron chi connectivity index (χ1n) is 8.83. The highest BCUT2D eigenvalue weighted by molar-refractivity contribution is 5.97. The zero-order valence-corrected chi connectivity index (χ0v) is 17.3. The van der Waals surface area contributed by atoms with Gasteiger partial charge in [-0.25, -0.2) is 0 Å². The van der Waals surface area contributed by atoms with Crippen LogP contribution in [0.15, 0.2) is 54.6 Å². The number of Topliss-reactive ketones (excluding diaryl/α,β-unsaturated/α-hetero) is 1. The maximum atomic E-state index is 12.3. The van der Waals surface area contributed by atoms with Gasteiger partial charge < -0.3 is 0 Å². The highest BCUT2D eigenvalue weighted by atomic mass is 35.5. The summed E-state index contributed by atoms with van der Waals surface area (Å²) in [5.74, 6) is 0.155. The van der Waals surface area contributed by atoms with E-state index in [-0.39, 0.29) is 47.2 Å². The number of benzene rings is 2. The SMILES string of the molecule is CC(c1ccc([N+](=O)[O-])cc1)N1CCN(CC(=O)c2ccccc2)CC1.Cl.Cl. The Kier molecular flexibility index (Phi) is 9.55. The molecule has 0 bridgehead atoms. The molecule has 0 aromatic heterocycles. The molecule has 8 heteroatoms. The van der Waals surface area contributed by atoms with Gasteiger partial charge in [0.25, 0.3) is 5.69 Å². The Hall–Kier alpha value is -1.99. The minimum absolute atomic E-state index is 0. The molecule has 6 nitrogen and oxygen atoms in total. The van der Waals surface area contributed by atoms with Gasteiger partial charge in [0.1, 0.15) is 0 Å². The first-order valence-corrected chi connectivity index (χ1v) is 8.83. The molecule has 0 amide bonds. The fraction of sp³-hybridized carbons (Fsp3) is 0.350. The van der Waals surface area contributed by atoms with Crippen LogP contribution < -0.4 is 0 Å². The van der Waals surface area contributed by atoms with E-state index in [2.05, 4.69) is 16.7 Å². The van der Waals surface area contributed by atoms with Crippen molar-refractivity contribution in [2.45, 2.75) is 13.0 Å². The summed E-state index contributed by atoms with van der Waals surface area (Å²) in [4.78, 5) is 27.3. The average molecular weight is 426 g/mol. The fourth-order valence-corrected chi connectivity index (χ4v) is 3.31. The summed E-state index contributed by atoms with van der Waals surface area (Å²) < 4.78 is 0. The molecule has 0 saturated carbocycles. The molecule has 1 atom stereocenters. The predicted octanol–water partition coefficient (Wildman–Crippen LogP) is 4.00. The van der Waals surface area contributed by atoms with Crippen molar-refractivity contribution in [1.82, 2.24) is 9.80 Å². The molecule has 0 N–H and O–H groups in total. The van der Waals surface area contributed by atoms with Gasteiger partial charge in [-0.1, -0.05) is 42.5 Å². The lowest BCUT2D eigenvalue weighted by molar-refractivity contribution is -0.384. The molecule has 1 fully saturated rings. The molecule has 1 heterocycles. The van der Waals surface area contributed by atoms with Gasteiger partial charge in [-0.3, -0.25) is 24.7 Å². The number of hydrogen-bond acceptors (Lipinski definition) is 5. The van der Waals surface area contributed by atoms with Gasteiger partial charge in [0.05, 0.1) is 11.5 Å². The van der Waals surface area contributed by atoms with Crippen molar-refractivity contribution in [2.24, 2.45) is 0 Å². The minimum atomic E-state index is -0.378. The highest BCUT2D eigenvalue weighted by Gasteiger charge is 2.23. The van der Waals surface area contributed by atoms with Crippen molar-refractivity contribution in [2.75, 3.05) is 32.7 Å². The molecule has 2 aromatic rings. The summed E-state index contributed by atoms with van der Waals surface area (Å²) in [6, 6.07) is 16.4. The molecule has 1 aliphatic heterocycles. The Balaban J connectivity index is 0.00000196. The first kappa shape index (κ1) is 24.0. The van der Waals surface area contributed by atoms with Crippen LogP contribution in [-0.4, -0.2) is 53.2 Å². The van der Waals surface area contributed by atoms with E-state index in [1.165, 1.54) is 0 Å². The molecule has 0 radical (unpaired) electrons. The molecule has 28 heavy (non-hydrogen) atoms. The number of carbonyl (C=O) groups excluding carboxylic acids is 1. The van der Waals surface area contributed by atoms with Crippen LogP contribution in [0, 0.1) is 10.1 Å². The van der Waals surface area contributed by atoms with Crippen LogP contribution in [0.4, 0.5) is 5.69 Å². The number of piperazine rings is 1. The Morgan fingerprint density at radius 2 is 1.57 bits per heavy atom. The van der Waals surface area contributed by atoms with Crippen LogP contribution >= 0.6 is 24.8 Å². The normalized spacial score (nSPS) is 15.8. The van der Waals surface area contributed by atoms with E-state index in [9.17, 15) is 14.9 Å². The van der Waals surface area contributed by atoms with Crippen molar-refractivity contribution < 1.29 is 9.72 Å². The Labute approximate surface area is 177 Å². The Bertz CT molecular complexity index is 764. The monoisotopic (exact) mass is 425 g/mol. The third-order valence-corrected chi connectivity index (χ3v) is 5.00. The third kappa shape index (κ3) is 6.01. The smallest absolute Gasteiger partial charge is 0.269 e. The Morgan fingerprint density at radius 3 is 2.11 bits per heavy atom. The zero-order valence-electron chi connectivity index (χ0n) is 15.7. The van der Waals surface area contributed by atoms with Gasteiger partial charge in [-0.05, 0) is 12.5 Å². The van der Waals surface area contributed by atoms with Gasteiger partial charge in [0.2, 0.25) is 0 Å². The van der Waals surface area contributed by atoms with Gasteiger partial charge in [-0.2, -0.15) is 0 Å². The van der Waals surface area contributed by atoms with Crippen molar-refractivity contribution >= 4 is 36.3 Å². The number of hydrogen-bond donors (Lipinski definition) is 0. The summed E-state index contributed by atoms with van der Waals surface area (Å²) in [5, 5.41) is 10.8. The lowest BCUT2D eigenvalue weighted by Gasteiger charge is -2.38. The van der Waals surface area contributed by atoms with Crippen LogP contribution in [0.1, 0.15) is 28.9 Å². The average Bonchev–Trinajstić information content (AvgIpc) is 2.69. The topological polar surface area (TPSA) is 66.7 Å². The van der Waals surface area contributed by atoms with Crippen molar-refractivity contribution in [3.8, 4) is 0 Å². The van der Waals surface area contributed by atoms with Crippen LogP contribution in [0.25, 0.3) is 0 Å². The zero-order chi connectivity index (χ0) is 18.5. The number of rotatable bonds is 6. The van der Waals surface area contributed by atoms with Crippen LogP contribution in [0.3, 0.4) is 0 Å². The molecule has 0 aliphatic carbocycles. The van der Waals surface area contributed by atoms with Crippen molar-refractivity contribution in [1.29, 1.82) is 0 Å². The Morgan fingerprint density at radius 1 is 1.00 bits per heavy atom. The summed E-state index contributed by atoms with van der Waals surface area (Å²) >= 11 is 0. The molecule has 1 saturated heterocycles. The maximum absolute atomic E-state index is 12.3. The number of non-ortho nitro benzene ring substituents is 1. The van der Waals surface area contributed by atoms with Crippen molar-refractivity contribution in [3.05, 3.63) is 75.8 Å². The van der Waals surface area contributed by atoms with E-state index in [0.717, 1.165) is 37.3 Å². The number of carbonyl (C=O) groups is 1. The van der Waals surface area contributed by atoms with Gasteiger partial charge in [-0.15, -0.1) is 24.8 Å². The molecule has 3 rings (SSSR count). The minimum Gasteiger partial charge on any atom is -0.294 e. The van der Waals surface area contributed by atoms with E-state index in [4.69, 9.17) is 0 Å². The van der Waals surface area contributed by atoms with E-state index in [1.807, 2.05) is 42.5 Å². The maximum Gasteiger partial charge on any atom is 0.269 e. The molecular weight excluding hydrogens is 401 g/mol. The number of nitro benzene ring substituents is 1. The second-order valence-electron chi connectivity index (χ2n) is 6.63. The van der Waals surface area contributed by atoms with Crippen molar-refractivity contribution in [3.63, 3.8) is 0 Å². The van der Waals surface area contributed by atoms with E-state index in [1.54, 1.807) is 12.1 Å². The molecule has 0 spiro atoms. The summed E-state index contributed by atoms with van der Waals surface area (Å²) in [6.07, 6.45) is 0. The summed E-state index contributed by atoms with van der Waals surface area (Å²) in [6.45, 7) is 6.00. The van der Waals surface area contributed by atoms with E-state index in [0.29, 0.717) is 6.54 Å². The first-order chi connectivity index (χ1) is 12.5. The number of ketones is 1. The predicted molar refractivity (Wildman–Crippen MR) is 115 cm³/mol. The van der Waals surface area contributed by atoms with E-state index < -0.39 is 0 Å². The number of nitrogens with zero attached hydrogens (tertiary/aromatic N) is 3. The lowest BCUT2D eigenvalue weighted by Crippen LogP contribution is -2.48. The molecule has 1 aliphatic rings.